The van der Waals surface area contributed by atoms with Gasteiger partial charge in [0.25, 0.3) is 5.91 Å². The number of carbonyl (C=O) groups excluding carboxylic acids is 2. The number of fused-ring (bicyclic) bond motifs is 4. The predicted molar refractivity (Wildman–Crippen MR) is 119 cm³/mol. The molecule has 1 aromatic heterocycles. The van der Waals surface area contributed by atoms with Gasteiger partial charge in [-0.1, -0.05) is 24.3 Å². The lowest BCUT2D eigenvalue weighted by Crippen LogP contribution is -2.16. The molecule has 0 radical (unpaired) electrons. The van der Waals surface area contributed by atoms with E-state index in [0.717, 1.165) is 25.7 Å². The smallest absolute Gasteiger partial charge is 0.342 e. The van der Waals surface area contributed by atoms with Crippen LogP contribution >= 0.6 is 0 Å². The summed E-state index contributed by atoms with van der Waals surface area (Å²) in [5.74, 6) is -1.23. The zero-order valence-corrected chi connectivity index (χ0v) is 17.4. The van der Waals surface area contributed by atoms with Gasteiger partial charge in [0, 0.05) is 16.8 Å². The predicted octanol–water partition coefficient (Wildman–Crippen LogP) is 3.85. The van der Waals surface area contributed by atoms with Crippen molar-refractivity contribution in [2.75, 3.05) is 7.11 Å². The second-order valence-electron chi connectivity index (χ2n) is 7.91. The number of amides is 1. The van der Waals surface area contributed by atoms with Crippen LogP contribution in [0, 0.1) is 0 Å². The van der Waals surface area contributed by atoms with Crippen LogP contribution in [0.4, 0.5) is 0 Å². The number of aromatic nitrogens is 2. The topological polar surface area (TPSA) is 125 Å². The number of ether oxygens (including phenoxy) is 2. The van der Waals surface area contributed by atoms with E-state index < -0.39 is 11.9 Å². The Hall–Kier alpha value is -3.94. The van der Waals surface area contributed by atoms with Crippen molar-refractivity contribution in [3.8, 4) is 11.5 Å². The number of carbonyl (C=O) groups is 2. The minimum Gasteiger partial charge on any atom is -0.506 e. The van der Waals surface area contributed by atoms with Crippen LogP contribution in [-0.2, 0) is 4.74 Å². The van der Waals surface area contributed by atoms with Crippen molar-refractivity contribution in [1.82, 2.24) is 9.97 Å². The molecule has 32 heavy (non-hydrogen) atoms. The Bertz CT molecular complexity index is 1410. The van der Waals surface area contributed by atoms with Gasteiger partial charge < -0.3 is 20.3 Å². The number of methoxy groups -OCH3 is 1. The summed E-state index contributed by atoms with van der Waals surface area (Å²) in [7, 11) is 1.47. The highest BCUT2D eigenvalue weighted by atomic mass is 16.5. The Balaban J connectivity index is 1.76. The van der Waals surface area contributed by atoms with Gasteiger partial charge in [-0.2, -0.15) is 0 Å². The highest BCUT2D eigenvalue weighted by Gasteiger charge is 2.25. The monoisotopic (exact) mass is 431 g/mol. The molecular weight excluding hydrogens is 410 g/mol. The summed E-state index contributed by atoms with van der Waals surface area (Å²) in [5, 5.41) is 11.8. The Kier molecular flexibility index (Phi) is 4.77. The lowest BCUT2D eigenvalue weighted by molar-refractivity contribution is 0.0314. The van der Waals surface area contributed by atoms with Crippen molar-refractivity contribution in [3.05, 3.63) is 47.5 Å². The van der Waals surface area contributed by atoms with Crippen LogP contribution in [0.15, 0.2) is 36.4 Å². The van der Waals surface area contributed by atoms with Crippen LogP contribution in [0.1, 0.15) is 46.4 Å². The van der Waals surface area contributed by atoms with E-state index in [1.54, 1.807) is 30.3 Å². The quantitative estimate of drug-likeness (QED) is 0.286. The van der Waals surface area contributed by atoms with Gasteiger partial charge in [0.05, 0.1) is 23.7 Å². The maximum atomic E-state index is 12.8. The van der Waals surface area contributed by atoms with E-state index in [-0.39, 0.29) is 28.5 Å². The molecule has 0 unspecified atom stereocenters. The number of esters is 1. The first-order valence-corrected chi connectivity index (χ1v) is 10.4. The molecule has 0 aliphatic heterocycles. The molecule has 1 heterocycles. The number of hydrogen-bond donors (Lipinski definition) is 2. The van der Waals surface area contributed by atoms with E-state index in [1.807, 2.05) is 0 Å². The third-order valence-corrected chi connectivity index (χ3v) is 5.94. The lowest BCUT2D eigenvalue weighted by atomic mass is 10.0. The van der Waals surface area contributed by atoms with Gasteiger partial charge >= 0.3 is 5.97 Å². The molecule has 1 fully saturated rings. The molecule has 0 atom stereocenters. The summed E-state index contributed by atoms with van der Waals surface area (Å²) in [4.78, 5) is 34.3. The van der Waals surface area contributed by atoms with E-state index in [2.05, 4.69) is 9.97 Å². The standard InChI is InChI=1S/C24H21N3O5/c1-31-18-11-17-16(10-15(18)24(30)32-12-6-2-3-7-12)27-21-19(23(25)29)22(28)14-9-5-4-8-13(14)20(21)26-17/h4-5,8-12,28H,2-3,6-7H2,1H3,(H2,25,29). The average molecular weight is 431 g/mol. The summed E-state index contributed by atoms with van der Waals surface area (Å²) in [6.45, 7) is 0. The molecule has 0 saturated heterocycles. The number of nitrogens with two attached hydrogens (primary N) is 1. The Labute approximate surface area is 183 Å². The van der Waals surface area contributed by atoms with Gasteiger partial charge in [0.15, 0.2) is 0 Å². The van der Waals surface area contributed by atoms with Crippen molar-refractivity contribution in [3.63, 3.8) is 0 Å². The number of hydrogen-bond acceptors (Lipinski definition) is 7. The number of phenols is 1. The number of benzene rings is 3. The van der Waals surface area contributed by atoms with E-state index in [4.69, 9.17) is 15.2 Å². The van der Waals surface area contributed by atoms with Gasteiger partial charge in [-0.3, -0.25) is 4.79 Å². The summed E-state index contributed by atoms with van der Waals surface area (Å²) in [6, 6.07) is 10.2. The first kappa shape index (κ1) is 20.0. The van der Waals surface area contributed by atoms with E-state index in [9.17, 15) is 14.7 Å². The Morgan fingerprint density at radius 3 is 2.38 bits per heavy atom. The first-order chi connectivity index (χ1) is 15.5. The molecule has 1 saturated carbocycles. The van der Waals surface area contributed by atoms with Crippen LogP contribution in [0.3, 0.4) is 0 Å². The van der Waals surface area contributed by atoms with Crippen molar-refractivity contribution >= 4 is 44.7 Å². The molecule has 1 aliphatic rings. The van der Waals surface area contributed by atoms with Crippen LogP contribution in [0.5, 0.6) is 11.5 Å². The minimum atomic E-state index is -0.818. The maximum Gasteiger partial charge on any atom is 0.342 e. The van der Waals surface area contributed by atoms with Crippen LogP contribution in [0.25, 0.3) is 32.8 Å². The van der Waals surface area contributed by atoms with E-state index >= 15 is 0 Å². The largest absolute Gasteiger partial charge is 0.506 e. The third-order valence-electron chi connectivity index (χ3n) is 5.94. The van der Waals surface area contributed by atoms with Crippen LogP contribution in [0.2, 0.25) is 0 Å². The van der Waals surface area contributed by atoms with Crippen molar-refractivity contribution in [2.24, 2.45) is 5.73 Å². The van der Waals surface area contributed by atoms with Crippen molar-refractivity contribution in [1.29, 1.82) is 0 Å². The van der Waals surface area contributed by atoms with Gasteiger partial charge in [-0.15, -0.1) is 0 Å². The Morgan fingerprint density at radius 2 is 1.69 bits per heavy atom. The zero-order valence-electron chi connectivity index (χ0n) is 17.4. The molecule has 5 rings (SSSR count). The van der Waals surface area contributed by atoms with Gasteiger partial charge in [0.1, 0.15) is 34.2 Å². The number of primary amides is 1. The maximum absolute atomic E-state index is 12.8. The summed E-state index contributed by atoms with van der Waals surface area (Å²) >= 11 is 0. The number of nitrogens with zero attached hydrogens (tertiary/aromatic N) is 2. The molecule has 162 valence electrons. The fraction of sp³-hybridized carbons (Fsp3) is 0.250. The van der Waals surface area contributed by atoms with Gasteiger partial charge in [0.2, 0.25) is 0 Å². The molecule has 0 spiro atoms. The molecule has 4 aromatic rings. The normalized spacial score (nSPS) is 14.3. The number of aromatic hydroxyl groups is 1. The van der Waals surface area contributed by atoms with Gasteiger partial charge in [-0.25, -0.2) is 14.8 Å². The molecule has 1 aliphatic carbocycles. The molecule has 3 N–H and O–H groups in total. The molecule has 8 heteroatoms. The Morgan fingerprint density at radius 1 is 1.03 bits per heavy atom. The SMILES string of the molecule is COc1cc2nc3c(nc2cc1C(=O)OC1CCCC1)c(C(N)=O)c(O)c1ccccc13. The lowest BCUT2D eigenvalue weighted by Gasteiger charge is -2.15. The fourth-order valence-electron chi connectivity index (χ4n) is 4.37. The molecular formula is C24H21N3O5. The fourth-order valence-corrected chi connectivity index (χ4v) is 4.37. The number of rotatable bonds is 4. The molecule has 8 nitrogen and oxygen atoms in total. The molecule has 0 bridgehead atoms. The third kappa shape index (κ3) is 3.15. The van der Waals surface area contributed by atoms with Gasteiger partial charge in [-0.05, 0) is 31.7 Å². The van der Waals surface area contributed by atoms with E-state index in [1.165, 1.54) is 13.2 Å². The van der Waals surface area contributed by atoms with Crippen LogP contribution in [-0.4, -0.2) is 40.2 Å². The second kappa shape index (κ2) is 7.64. The first-order valence-electron chi connectivity index (χ1n) is 10.4. The summed E-state index contributed by atoms with van der Waals surface area (Å²) < 4.78 is 11.1. The molecule has 3 aromatic carbocycles. The highest BCUT2D eigenvalue weighted by Crippen LogP contribution is 2.37. The summed E-state index contributed by atoms with van der Waals surface area (Å²) in [6.07, 6.45) is 3.67. The minimum absolute atomic E-state index is 0.102. The molecule has 1 amide bonds. The zero-order chi connectivity index (χ0) is 22.4. The average Bonchev–Trinajstić information content (AvgIpc) is 3.30. The highest BCUT2D eigenvalue weighted by molar-refractivity contribution is 6.19. The second-order valence-corrected chi connectivity index (χ2v) is 7.91. The summed E-state index contributed by atoms with van der Waals surface area (Å²) in [5.41, 5.74) is 7.10. The van der Waals surface area contributed by atoms with Crippen LogP contribution < -0.4 is 10.5 Å². The van der Waals surface area contributed by atoms with E-state index in [0.29, 0.717) is 33.1 Å². The van der Waals surface area contributed by atoms with Crippen molar-refractivity contribution < 1.29 is 24.2 Å². The van der Waals surface area contributed by atoms with Crippen molar-refractivity contribution in [2.45, 2.75) is 31.8 Å².